The Morgan fingerprint density at radius 3 is 2.89 bits per heavy atom. The third kappa shape index (κ3) is 3.10. The summed E-state index contributed by atoms with van der Waals surface area (Å²) < 4.78 is 1.29. The Morgan fingerprint density at radius 1 is 1.50 bits per heavy atom. The second-order valence-electron chi connectivity index (χ2n) is 3.71. The van der Waals surface area contributed by atoms with Gasteiger partial charge in [-0.15, -0.1) is 11.3 Å². The topological polar surface area (TPSA) is 33.2 Å². The highest BCUT2D eigenvalue weighted by molar-refractivity contribution is 9.10. The second-order valence-corrected chi connectivity index (χ2v) is 6.26. The molecule has 2 aromatic heterocycles. The summed E-state index contributed by atoms with van der Waals surface area (Å²) >= 11 is 10.6. The van der Waals surface area contributed by atoms with Crippen LogP contribution in [0.5, 0.6) is 0 Å². The molecule has 0 bridgehead atoms. The number of nitrogens with zero attached hydrogens (tertiary/aromatic N) is 2. The van der Waals surface area contributed by atoms with Gasteiger partial charge in [0.05, 0.1) is 16.4 Å². The molecule has 3 nitrogen and oxygen atoms in total. The molecular formula is C12H10BrClN2OS. The SMILES string of the molecule is CN(Cc1ccc(Cl)s1)C(=O)c1cccnc1Br. The lowest BCUT2D eigenvalue weighted by Crippen LogP contribution is -2.26. The fraction of sp³-hybridized carbons (Fsp3) is 0.167. The van der Waals surface area contributed by atoms with Crippen LogP contribution in [0.15, 0.2) is 35.1 Å². The number of carbonyl (C=O) groups is 1. The molecule has 2 heterocycles. The minimum atomic E-state index is -0.0699. The highest BCUT2D eigenvalue weighted by Gasteiger charge is 2.15. The molecule has 0 spiro atoms. The Morgan fingerprint density at radius 2 is 2.28 bits per heavy atom. The van der Waals surface area contributed by atoms with Crippen molar-refractivity contribution in [3.63, 3.8) is 0 Å². The maximum atomic E-state index is 12.2. The number of pyridine rings is 1. The Labute approximate surface area is 123 Å². The van der Waals surface area contributed by atoms with Gasteiger partial charge >= 0.3 is 0 Å². The number of carbonyl (C=O) groups excluding carboxylic acids is 1. The normalized spacial score (nSPS) is 10.4. The third-order valence-corrected chi connectivity index (χ3v) is 4.21. The van der Waals surface area contributed by atoms with Crippen molar-refractivity contribution in [1.29, 1.82) is 0 Å². The van der Waals surface area contributed by atoms with Crippen LogP contribution in [0.25, 0.3) is 0 Å². The van der Waals surface area contributed by atoms with Crippen LogP contribution < -0.4 is 0 Å². The van der Waals surface area contributed by atoms with Crippen molar-refractivity contribution >= 4 is 44.8 Å². The van der Waals surface area contributed by atoms with Gasteiger partial charge in [-0.25, -0.2) is 4.98 Å². The van der Waals surface area contributed by atoms with Gasteiger partial charge in [-0.1, -0.05) is 11.6 Å². The van der Waals surface area contributed by atoms with E-state index in [1.807, 2.05) is 12.1 Å². The molecule has 2 rings (SSSR count). The zero-order valence-corrected chi connectivity index (χ0v) is 12.7. The van der Waals surface area contributed by atoms with E-state index in [2.05, 4.69) is 20.9 Å². The summed E-state index contributed by atoms with van der Waals surface area (Å²) in [5, 5.41) is 0. The third-order valence-electron chi connectivity index (χ3n) is 2.36. The van der Waals surface area contributed by atoms with E-state index < -0.39 is 0 Å². The maximum Gasteiger partial charge on any atom is 0.256 e. The van der Waals surface area contributed by atoms with Crippen molar-refractivity contribution in [2.75, 3.05) is 7.05 Å². The van der Waals surface area contributed by atoms with Crippen LogP contribution in [0.4, 0.5) is 0 Å². The first-order chi connectivity index (χ1) is 8.58. The first-order valence-corrected chi connectivity index (χ1v) is 7.17. The maximum absolute atomic E-state index is 12.2. The minimum absolute atomic E-state index is 0.0699. The van der Waals surface area contributed by atoms with Crippen molar-refractivity contribution in [3.8, 4) is 0 Å². The zero-order chi connectivity index (χ0) is 13.1. The van der Waals surface area contributed by atoms with Gasteiger partial charge < -0.3 is 4.90 Å². The van der Waals surface area contributed by atoms with Crippen LogP contribution >= 0.6 is 38.9 Å². The van der Waals surface area contributed by atoms with Gasteiger partial charge in [-0.05, 0) is 40.2 Å². The van der Waals surface area contributed by atoms with Crippen molar-refractivity contribution in [2.45, 2.75) is 6.54 Å². The van der Waals surface area contributed by atoms with Crippen molar-refractivity contribution in [2.24, 2.45) is 0 Å². The molecular weight excluding hydrogens is 336 g/mol. The molecule has 94 valence electrons. The van der Waals surface area contributed by atoms with E-state index >= 15 is 0 Å². The first-order valence-electron chi connectivity index (χ1n) is 5.18. The summed E-state index contributed by atoms with van der Waals surface area (Å²) in [6, 6.07) is 7.25. The summed E-state index contributed by atoms with van der Waals surface area (Å²) in [6.07, 6.45) is 1.64. The molecule has 0 radical (unpaired) electrons. The molecule has 6 heteroatoms. The Balaban J connectivity index is 2.12. The lowest BCUT2D eigenvalue weighted by molar-refractivity contribution is 0.0785. The number of hydrogen-bond acceptors (Lipinski definition) is 3. The summed E-state index contributed by atoms with van der Waals surface area (Å²) in [5.41, 5.74) is 0.558. The predicted molar refractivity (Wildman–Crippen MR) is 77.1 cm³/mol. The van der Waals surface area contributed by atoms with Crippen molar-refractivity contribution < 1.29 is 4.79 Å². The van der Waals surface area contributed by atoms with Gasteiger partial charge in [0.2, 0.25) is 0 Å². The lowest BCUT2D eigenvalue weighted by Gasteiger charge is -2.16. The monoisotopic (exact) mass is 344 g/mol. The standard InChI is InChI=1S/C12H10BrClN2OS/c1-16(7-8-4-5-10(14)18-8)12(17)9-3-2-6-15-11(9)13/h2-6H,7H2,1H3. The van der Waals surface area contributed by atoms with E-state index in [1.165, 1.54) is 11.3 Å². The second kappa shape index (κ2) is 5.82. The van der Waals surface area contributed by atoms with Crippen LogP contribution in [0.1, 0.15) is 15.2 Å². The quantitative estimate of drug-likeness (QED) is 0.792. The number of amides is 1. The molecule has 0 aliphatic heterocycles. The van der Waals surface area contributed by atoms with E-state index in [0.717, 1.165) is 9.21 Å². The van der Waals surface area contributed by atoms with E-state index in [4.69, 9.17) is 11.6 Å². The Kier molecular flexibility index (Phi) is 4.37. The van der Waals surface area contributed by atoms with Crippen LogP contribution in [0.2, 0.25) is 4.34 Å². The van der Waals surface area contributed by atoms with Gasteiger partial charge in [0, 0.05) is 18.1 Å². The smallest absolute Gasteiger partial charge is 0.256 e. The number of aromatic nitrogens is 1. The average Bonchev–Trinajstić information content (AvgIpc) is 2.74. The molecule has 0 unspecified atom stereocenters. The molecule has 0 N–H and O–H groups in total. The van der Waals surface area contributed by atoms with Crippen LogP contribution in [-0.2, 0) is 6.54 Å². The minimum Gasteiger partial charge on any atom is -0.336 e. The zero-order valence-electron chi connectivity index (χ0n) is 9.56. The first kappa shape index (κ1) is 13.5. The number of rotatable bonds is 3. The summed E-state index contributed by atoms with van der Waals surface area (Å²) in [7, 11) is 1.76. The van der Waals surface area contributed by atoms with Gasteiger partial charge in [-0.2, -0.15) is 0 Å². The lowest BCUT2D eigenvalue weighted by atomic mass is 10.2. The average molecular weight is 346 g/mol. The summed E-state index contributed by atoms with van der Waals surface area (Å²) in [4.78, 5) is 18.9. The van der Waals surface area contributed by atoms with E-state index in [1.54, 1.807) is 30.3 Å². The Hall–Kier alpha value is -0.910. The summed E-state index contributed by atoms with van der Waals surface area (Å²) in [6.45, 7) is 0.539. The molecule has 0 saturated heterocycles. The molecule has 0 saturated carbocycles. The molecule has 2 aromatic rings. The molecule has 0 atom stereocenters. The summed E-state index contributed by atoms with van der Waals surface area (Å²) in [5.74, 6) is -0.0699. The van der Waals surface area contributed by atoms with Gasteiger partial charge in [0.15, 0.2) is 0 Å². The largest absolute Gasteiger partial charge is 0.336 e. The highest BCUT2D eigenvalue weighted by Crippen LogP contribution is 2.23. The van der Waals surface area contributed by atoms with Gasteiger partial charge in [0.1, 0.15) is 4.60 Å². The predicted octanol–water partition coefficient (Wildman–Crippen LogP) is 3.83. The molecule has 18 heavy (non-hydrogen) atoms. The number of thiophene rings is 1. The van der Waals surface area contributed by atoms with Crippen molar-refractivity contribution in [1.82, 2.24) is 9.88 Å². The fourth-order valence-electron chi connectivity index (χ4n) is 1.49. The van der Waals surface area contributed by atoms with Crippen LogP contribution in [0.3, 0.4) is 0 Å². The Bertz CT molecular complexity index is 573. The van der Waals surface area contributed by atoms with Crippen LogP contribution in [-0.4, -0.2) is 22.8 Å². The van der Waals surface area contributed by atoms with Crippen molar-refractivity contribution in [3.05, 3.63) is 49.8 Å². The van der Waals surface area contributed by atoms with Crippen LogP contribution in [0, 0.1) is 0 Å². The van der Waals surface area contributed by atoms with E-state index in [9.17, 15) is 4.79 Å². The van der Waals surface area contributed by atoms with E-state index in [-0.39, 0.29) is 5.91 Å². The molecule has 0 fully saturated rings. The molecule has 1 amide bonds. The van der Waals surface area contributed by atoms with Gasteiger partial charge in [0.25, 0.3) is 5.91 Å². The highest BCUT2D eigenvalue weighted by atomic mass is 79.9. The molecule has 0 aromatic carbocycles. The fourth-order valence-corrected chi connectivity index (χ4v) is 3.05. The molecule has 0 aliphatic rings. The van der Waals surface area contributed by atoms with Gasteiger partial charge in [-0.3, -0.25) is 4.79 Å². The van der Waals surface area contributed by atoms with E-state index in [0.29, 0.717) is 16.7 Å². The number of hydrogen-bond donors (Lipinski definition) is 0. The number of halogens is 2. The molecule has 0 aliphatic carbocycles.